The molecule has 0 amide bonds. The largest absolute Gasteiger partial charge is 0.393 e. The molecule has 0 aliphatic heterocycles. The average molecular weight is 316 g/mol. The highest BCUT2D eigenvalue weighted by atomic mass is 16.3. The summed E-state index contributed by atoms with van der Waals surface area (Å²) in [7, 11) is 0. The van der Waals surface area contributed by atoms with Gasteiger partial charge in [0.2, 0.25) is 0 Å². The minimum Gasteiger partial charge on any atom is -0.393 e. The Morgan fingerprint density at radius 1 is 1.17 bits per heavy atom. The van der Waals surface area contributed by atoms with Gasteiger partial charge in [0, 0.05) is 18.3 Å². The fourth-order valence-corrected chi connectivity index (χ4v) is 6.89. The minimum atomic E-state index is -0.419. The molecule has 23 heavy (non-hydrogen) atoms. The number of hydrogen-bond donors (Lipinski definition) is 1. The van der Waals surface area contributed by atoms with Gasteiger partial charge in [0.15, 0.2) is 5.78 Å². The van der Waals surface area contributed by atoms with E-state index in [1.807, 2.05) is 6.08 Å². The smallest absolute Gasteiger partial charge is 0.155 e. The van der Waals surface area contributed by atoms with Crippen LogP contribution >= 0.6 is 0 Å². The maximum absolute atomic E-state index is 12.5. The summed E-state index contributed by atoms with van der Waals surface area (Å²) < 4.78 is 0. The lowest BCUT2D eigenvalue weighted by molar-refractivity contribution is -0.149. The SMILES string of the molecule is CC1C[C@@H]2[C@@H](C(O)C[C@]3(C)C(=O)CC[C@@H]23)[C@@]2(C)CCC(=O)C=C12. The van der Waals surface area contributed by atoms with E-state index in [4.69, 9.17) is 0 Å². The zero-order valence-corrected chi connectivity index (χ0v) is 14.5. The van der Waals surface area contributed by atoms with Gasteiger partial charge < -0.3 is 5.11 Å². The van der Waals surface area contributed by atoms with Crippen molar-refractivity contribution in [3.8, 4) is 0 Å². The van der Waals surface area contributed by atoms with Crippen molar-refractivity contribution in [2.45, 2.75) is 65.4 Å². The molecule has 3 heteroatoms. The van der Waals surface area contributed by atoms with Crippen molar-refractivity contribution in [3.63, 3.8) is 0 Å². The second-order valence-corrected chi connectivity index (χ2v) is 9.07. The molecule has 0 aromatic rings. The number of allylic oxidation sites excluding steroid dienone is 1. The minimum absolute atomic E-state index is 0.0668. The van der Waals surface area contributed by atoms with Gasteiger partial charge in [-0.15, -0.1) is 0 Å². The van der Waals surface area contributed by atoms with E-state index < -0.39 is 6.10 Å². The van der Waals surface area contributed by atoms with Crippen molar-refractivity contribution in [1.82, 2.24) is 0 Å². The van der Waals surface area contributed by atoms with Gasteiger partial charge in [-0.05, 0) is 60.8 Å². The molecule has 126 valence electrons. The normalized spacial score (nSPS) is 52.5. The van der Waals surface area contributed by atoms with Crippen molar-refractivity contribution in [1.29, 1.82) is 0 Å². The van der Waals surface area contributed by atoms with Crippen LogP contribution in [0.25, 0.3) is 0 Å². The number of ketones is 2. The summed E-state index contributed by atoms with van der Waals surface area (Å²) in [6, 6.07) is 0. The predicted molar refractivity (Wildman–Crippen MR) is 87.7 cm³/mol. The van der Waals surface area contributed by atoms with Crippen LogP contribution < -0.4 is 0 Å². The van der Waals surface area contributed by atoms with E-state index in [1.165, 1.54) is 5.57 Å². The highest BCUT2D eigenvalue weighted by molar-refractivity contribution is 5.92. The second kappa shape index (κ2) is 4.78. The first-order valence-corrected chi connectivity index (χ1v) is 9.23. The van der Waals surface area contributed by atoms with Crippen LogP contribution in [-0.4, -0.2) is 22.8 Å². The molecule has 3 fully saturated rings. The van der Waals surface area contributed by atoms with Crippen LogP contribution in [-0.2, 0) is 9.59 Å². The Morgan fingerprint density at radius 2 is 1.91 bits per heavy atom. The average Bonchev–Trinajstić information content (AvgIpc) is 2.76. The highest BCUT2D eigenvalue weighted by Crippen LogP contribution is 2.65. The van der Waals surface area contributed by atoms with E-state index in [1.54, 1.807) is 0 Å². The number of fused-ring (bicyclic) bond motifs is 5. The standard InChI is InChI=1S/C20H28O3/c1-11-8-13-14-4-5-17(23)20(14,3)10-16(22)18(13)19(2)7-6-12(21)9-15(11)19/h9,11,13-14,16,18,22H,4-8,10H2,1-3H3/t11?,13-,14-,16?,18-,19-,20-/m0/s1. The van der Waals surface area contributed by atoms with Gasteiger partial charge in [-0.2, -0.15) is 0 Å². The van der Waals surface area contributed by atoms with Crippen LogP contribution in [0.3, 0.4) is 0 Å². The number of aliphatic hydroxyl groups excluding tert-OH is 1. The quantitative estimate of drug-likeness (QED) is 0.746. The summed E-state index contributed by atoms with van der Waals surface area (Å²) >= 11 is 0. The molecule has 0 spiro atoms. The number of rotatable bonds is 0. The number of aliphatic hydroxyl groups is 1. The number of Topliss-reactive ketones (excluding diaryl/α,β-unsaturated/α-hetero) is 1. The number of carbonyl (C=O) groups is 2. The van der Waals surface area contributed by atoms with Crippen LogP contribution in [0.2, 0.25) is 0 Å². The zero-order valence-electron chi connectivity index (χ0n) is 14.5. The molecule has 0 bridgehead atoms. The maximum Gasteiger partial charge on any atom is 0.155 e. The van der Waals surface area contributed by atoms with E-state index in [9.17, 15) is 14.7 Å². The van der Waals surface area contributed by atoms with Crippen molar-refractivity contribution in [2.24, 2.45) is 34.5 Å². The lowest BCUT2D eigenvalue weighted by Gasteiger charge is -2.60. The van der Waals surface area contributed by atoms with Gasteiger partial charge in [-0.25, -0.2) is 0 Å². The number of hydrogen-bond acceptors (Lipinski definition) is 3. The third kappa shape index (κ3) is 1.92. The molecule has 0 aromatic carbocycles. The molecule has 3 nitrogen and oxygen atoms in total. The number of carbonyl (C=O) groups excluding carboxylic acids is 2. The van der Waals surface area contributed by atoms with Gasteiger partial charge in [0.25, 0.3) is 0 Å². The summed E-state index contributed by atoms with van der Waals surface area (Å²) in [6.07, 6.45) is 6.23. The fourth-order valence-electron chi connectivity index (χ4n) is 6.89. The van der Waals surface area contributed by atoms with Crippen molar-refractivity contribution < 1.29 is 14.7 Å². The molecule has 0 aromatic heterocycles. The molecule has 4 aliphatic carbocycles. The monoisotopic (exact) mass is 316 g/mol. The maximum atomic E-state index is 12.5. The molecule has 0 radical (unpaired) electrons. The third-order valence-electron chi connectivity index (χ3n) is 7.92. The Morgan fingerprint density at radius 3 is 2.65 bits per heavy atom. The van der Waals surface area contributed by atoms with Gasteiger partial charge >= 0.3 is 0 Å². The van der Waals surface area contributed by atoms with Gasteiger partial charge in [0.1, 0.15) is 5.78 Å². The van der Waals surface area contributed by atoms with E-state index in [0.29, 0.717) is 42.8 Å². The molecule has 3 saturated carbocycles. The van der Waals surface area contributed by atoms with Gasteiger partial charge in [0.05, 0.1) is 6.10 Å². The van der Waals surface area contributed by atoms with Gasteiger partial charge in [-0.3, -0.25) is 9.59 Å². The van der Waals surface area contributed by atoms with Crippen LogP contribution in [0.4, 0.5) is 0 Å². The lowest BCUT2D eigenvalue weighted by atomic mass is 9.45. The van der Waals surface area contributed by atoms with Crippen LogP contribution in [0, 0.1) is 34.5 Å². The molecule has 4 rings (SSSR count). The first-order valence-electron chi connectivity index (χ1n) is 9.23. The Hall–Kier alpha value is -0.960. The van der Waals surface area contributed by atoms with E-state index >= 15 is 0 Å². The molecular weight excluding hydrogens is 288 g/mol. The second-order valence-electron chi connectivity index (χ2n) is 9.07. The third-order valence-corrected chi connectivity index (χ3v) is 7.92. The van der Waals surface area contributed by atoms with E-state index in [2.05, 4.69) is 20.8 Å². The summed E-state index contributed by atoms with van der Waals surface area (Å²) in [5.41, 5.74) is 0.882. The van der Waals surface area contributed by atoms with Crippen LogP contribution in [0.1, 0.15) is 59.3 Å². The zero-order chi connectivity index (χ0) is 16.6. The molecule has 7 atom stereocenters. The summed E-state index contributed by atoms with van der Waals surface area (Å²) in [4.78, 5) is 24.4. The van der Waals surface area contributed by atoms with Crippen molar-refractivity contribution >= 4 is 11.6 Å². The predicted octanol–water partition coefficient (Wildman–Crippen LogP) is 3.30. The molecule has 0 heterocycles. The first kappa shape index (κ1) is 15.6. The fraction of sp³-hybridized carbons (Fsp3) is 0.800. The summed E-state index contributed by atoms with van der Waals surface area (Å²) in [5, 5.41) is 11.0. The first-order chi connectivity index (χ1) is 10.8. The molecule has 4 aliphatic rings. The van der Waals surface area contributed by atoms with Crippen LogP contribution in [0.15, 0.2) is 11.6 Å². The molecule has 1 N–H and O–H groups in total. The molecular formula is C20H28O3. The van der Waals surface area contributed by atoms with Crippen molar-refractivity contribution in [2.75, 3.05) is 0 Å². The van der Waals surface area contributed by atoms with E-state index in [0.717, 1.165) is 19.3 Å². The Balaban J connectivity index is 1.79. The topological polar surface area (TPSA) is 54.4 Å². The van der Waals surface area contributed by atoms with E-state index in [-0.39, 0.29) is 22.5 Å². The Kier molecular flexibility index (Phi) is 3.23. The summed E-state index contributed by atoms with van der Waals surface area (Å²) in [5.74, 6) is 2.03. The Bertz CT molecular complexity index is 606. The highest BCUT2D eigenvalue weighted by Gasteiger charge is 2.62. The van der Waals surface area contributed by atoms with Gasteiger partial charge in [-0.1, -0.05) is 26.3 Å². The molecule has 2 unspecified atom stereocenters. The lowest BCUT2D eigenvalue weighted by Crippen LogP contribution is -2.58. The van der Waals surface area contributed by atoms with Crippen LogP contribution in [0.5, 0.6) is 0 Å². The Labute approximate surface area is 138 Å². The summed E-state index contributed by atoms with van der Waals surface area (Å²) in [6.45, 7) is 6.59. The van der Waals surface area contributed by atoms with Crippen molar-refractivity contribution in [3.05, 3.63) is 11.6 Å². The molecule has 0 saturated heterocycles.